The molecule has 0 aromatic heterocycles. The van der Waals surface area contributed by atoms with Crippen LogP contribution in [0.3, 0.4) is 0 Å². The first kappa shape index (κ1) is 20.1. The normalized spacial score (nSPS) is 14.1. The molecule has 2 aromatic rings. The van der Waals surface area contributed by atoms with Gasteiger partial charge in [-0.25, -0.2) is 0 Å². The Morgan fingerprint density at radius 2 is 1.57 bits per heavy atom. The van der Waals surface area contributed by atoms with Crippen LogP contribution in [0.2, 0.25) is 0 Å². The number of carbonyl (C=O) groups excluding carboxylic acids is 1. The van der Waals surface area contributed by atoms with Crippen LogP contribution in [0, 0.1) is 0 Å². The van der Waals surface area contributed by atoms with Crippen LogP contribution in [0.4, 0.5) is 11.4 Å². The zero-order valence-electron chi connectivity index (χ0n) is 17.0. The topological polar surface area (TPSA) is 36.0 Å². The SMILES string of the molecule is CCN(CC)c1ccc(N2CCN(C(=O)CCOc3ccccc3)CC2)cc1. The average Bonchev–Trinajstić information content (AvgIpc) is 2.76. The first-order valence-electron chi connectivity index (χ1n) is 10.3. The minimum Gasteiger partial charge on any atom is -0.493 e. The second-order valence-electron chi connectivity index (χ2n) is 6.97. The van der Waals surface area contributed by atoms with Crippen LogP contribution in [0.5, 0.6) is 5.75 Å². The number of carbonyl (C=O) groups is 1. The van der Waals surface area contributed by atoms with Gasteiger partial charge in [0.15, 0.2) is 0 Å². The molecule has 150 valence electrons. The molecule has 1 saturated heterocycles. The average molecular weight is 382 g/mol. The third-order valence-corrected chi connectivity index (χ3v) is 5.30. The van der Waals surface area contributed by atoms with Crippen LogP contribution in [0.25, 0.3) is 0 Å². The molecule has 0 spiro atoms. The third-order valence-electron chi connectivity index (χ3n) is 5.30. The molecule has 0 atom stereocenters. The highest BCUT2D eigenvalue weighted by Crippen LogP contribution is 2.22. The van der Waals surface area contributed by atoms with Crippen molar-refractivity contribution in [2.24, 2.45) is 0 Å². The first-order chi connectivity index (χ1) is 13.7. The van der Waals surface area contributed by atoms with Crippen molar-refractivity contribution in [3.63, 3.8) is 0 Å². The Kier molecular flexibility index (Phi) is 7.18. The summed E-state index contributed by atoms with van der Waals surface area (Å²) in [4.78, 5) is 19.1. The lowest BCUT2D eigenvalue weighted by atomic mass is 10.2. The molecule has 1 fully saturated rings. The molecule has 5 nitrogen and oxygen atoms in total. The number of ether oxygens (including phenoxy) is 1. The lowest BCUT2D eigenvalue weighted by Crippen LogP contribution is -2.49. The van der Waals surface area contributed by atoms with Gasteiger partial charge in [-0.05, 0) is 50.2 Å². The van der Waals surface area contributed by atoms with Gasteiger partial charge in [-0.15, -0.1) is 0 Å². The maximum atomic E-state index is 12.4. The zero-order valence-corrected chi connectivity index (χ0v) is 17.0. The van der Waals surface area contributed by atoms with Crippen molar-refractivity contribution in [1.29, 1.82) is 0 Å². The van der Waals surface area contributed by atoms with Gasteiger partial charge >= 0.3 is 0 Å². The van der Waals surface area contributed by atoms with E-state index in [1.54, 1.807) is 0 Å². The number of anilines is 2. The monoisotopic (exact) mass is 381 g/mol. The molecular weight excluding hydrogens is 350 g/mol. The van der Waals surface area contributed by atoms with Crippen LogP contribution < -0.4 is 14.5 Å². The molecular formula is C23H31N3O2. The summed E-state index contributed by atoms with van der Waals surface area (Å²) in [7, 11) is 0. The summed E-state index contributed by atoms with van der Waals surface area (Å²) in [6.07, 6.45) is 0.424. The van der Waals surface area contributed by atoms with Gasteiger partial charge in [0.25, 0.3) is 0 Å². The minimum absolute atomic E-state index is 0.174. The Morgan fingerprint density at radius 3 is 2.18 bits per heavy atom. The molecule has 0 N–H and O–H groups in total. The molecule has 3 rings (SSSR count). The van der Waals surface area contributed by atoms with Gasteiger partial charge in [0.1, 0.15) is 5.75 Å². The van der Waals surface area contributed by atoms with Crippen molar-refractivity contribution in [3.05, 3.63) is 54.6 Å². The van der Waals surface area contributed by atoms with Gasteiger partial charge in [-0.2, -0.15) is 0 Å². The Hall–Kier alpha value is -2.69. The van der Waals surface area contributed by atoms with Crippen molar-refractivity contribution >= 4 is 17.3 Å². The molecule has 28 heavy (non-hydrogen) atoms. The van der Waals surface area contributed by atoms with E-state index in [0.29, 0.717) is 13.0 Å². The fourth-order valence-electron chi connectivity index (χ4n) is 3.61. The zero-order chi connectivity index (χ0) is 19.8. The van der Waals surface area contributed by atoms with Gasteiger partial charge in [0, 0.05) is 50.6 Å². The Morgan fingerprint density at radius 1 is 0.929 bits per heavy atom. The lowest BCUT2D eigenvalue weighted by Gasteiger charge is -2.36. The summed E-state index contributed by atoms with van der Waals surface area (Å²) in [5.41, 5.74) is 2.50. The van der Waals surface area contributed by atoms with Crippen molar-refractivity contribution in [3.8, 4) is 5.75 Å². The maximum absolute atomic E-state index is 12.4. The van der Waals surface area contributed by atoms with Crippen molar-refractivity contribution < 1.29 is 9.53 Å². The minimum atomic E-state index is 0.174. The summed E-state index contributed by atoms with van der Waals surface area (Å²) in [6.45, 7) is 10.1. The van der Waals surface area contributed by atoms with E-state index >= 15 is 0 Å². The molecule has 1 heterocycles. The maximum Gasteiger partial charge on any atom is 0.226 e. The second-order valence-corrected chi connectivity index (χ2v) is 6.97. The van der Waals surface area contributed by atoms with Gasteiger partial charge in [0.05, 0.1) is 13.0 Å². The molecule has 0 bridgehead atoms. The van der Waals surface area contributed by atoms with Gasteiger partial charge in [0.2, 0.25) is 5.91 Å². The van der Waals surface area contributed by atoms with Crippen molar-refractivity contribution in [2.75, 3.05) is 55.7 Å². The molecule has 0 radical (unpaired) electrons. The highest BCUT2D eigenvalue weighted by molar-refractivity contribution is 5.76. The Bertz CT molecular complexity index is 721. The van der Waals surface area contributed by atoms with Gasteiger partial charge < -0.3 is 19.4 Å². The van der Waals surface area contributed by atoms with E-state index < -0.39 is 0 Å². The van der Waals surface area contributed by atoms with E-state index in [9.17, 15) is 4.79 Å². The number of amides is 1. The summed E-state index contributed by atoms with van der Waals surface area (Å²) in [6, 6.07) is 18.4. The molecule has 0 saturated carbocycles. The second kappa shape index (κ2) is 10.0. The van der Waals surface area contributed by atoms with Crippen LogP contribution in [-0.4, -0.2) is 56.7 Å². The molecule has 2 aromatic carbocycles. The number of para-hydroxylation sites is 1. The molecule has 5 heteroatoms. The first-order valence-corrected chi connectivity index (χ1v) is 10.3. The lowest BCUT2D eigenvalue weighted by molar-refractivity contribution is -0.132. The highest BCUT2D eigenvalue weighted by Gasteiger charge is 2.21. The number of piperazine rings is 1. The highest BCUT2D eigenvalue weighted by atomic mass is 16.5. The van der Waals surface area contributed by atoms with Crippen LogP contribution in [-0.2, 0) is 4.79 Å². The van der Waals surface area contributed by atoms with E-state index in [4.69, 9.17) is 4.74 Å². The van der Waals surface area contributed by atoms with E-state index in [0.717, 1.165) is 45.0 Å². The van der Waals surface area contributed by atoms with Crippen molar-refractivity contribution in [1.82, 2.24) is 4.90 Å². The number of hydrogen-bond acceptors (Lipinski definition) is 4. The number of benzene rings is 2. The number of rotatable bonds is 8. The van der Waals surface area contributed by atoms with E-state index in [1.807, 2.05) is 35.2 Å². The molecule has 1 aliphatic heterocycles. The van der Waals surface area contributed by atoms with E-state index in [2.05, 4.69) is 47.9 Å². The predicted molar refractivity (Wildman–Crippen MR) is 115 cm³/mol. The standard InChI is InChI=1S/C23H31N3O2/c1-3-24(4-2)20-10-12-21(13-11-20)25-15-17-26(18-16-25)23(27)14-19-28-22-8-6-5-7-9-22/h5-13H,3-4,14-19H2,1-2H3. The van der Waals surface area contributed by atoms with Gasteiger partial charge in [-0.3, -0.25) is 4.79 Å². The fraction of sp³-hybridized carbons (Fsp3) is 0.435. The number of nitrogens with zero attached hydrogens (tertiary/aromatic N) is 3. The Labute approximate surface area is 168 Å². The largest absolute Gasteiger partial charge is 0.493 e. The summed E-state index contributed by atoms with van der Waals surface area (Å²) in [5, 5.41) is 0. The Balaban J connectivity index is 1.44. The van der Waals surface area contributed by atoms with Crippen molar-refractivity contribution in [2.45, 2.75) is 20.3 Å². The summed E-state index contributed by atoms with van der Waals surface area (Å²) < 4.78 is 5.64. The molecule has 1 amide bonds. The van der Waals surface area contributed by atoms with Crippen LogP contribution in [0.1, 0.15) is 20.3 Å². The summed E-state index contributed by atoms with van der Waals surface area (Å²) >= 11 is 0. The molecule has 1 aliphatic rings. The van der Waals surface area contributed by atoms with Crippen LogP contribution in [0.15, 0.2) is 54.6 Å². The third kappa shape index (κ3) is 5.18. The summed E-state index contributed by atoms with van der Waals surface area (Å²) in [5.74, 6) is 0.987. The van der Waals surface area contributed by atoms with E-state index in [1.165, 1.54) is 11.4 Å². The smallest absolute Gasteiger partial charge is 0.226 e. The number of hydrogen-bond donors (Lipinski definition) is 0. The fourth-order valence-corrected chi connectivity index (χ4v) is 3.61. The quantitative estimate of drug-likeness (QED) is 0.699. The molecule has 0 aliphatic carbocycles. The predicted octanol–water partition coefficient (Wildman–Crippen LogP) is 3.65. The molecule has 0 unspecified atom stereocenters. The van der Waals surface area contributed by atoms with Gasteiger partial charge in [-0.1, -0.05) is 18.2 Å². The van der Waals surface area contributed by atoms with Crippen LogP contribution >= 0.6 is 0 Å². The van der Waals surface area contributed by atoms with E-state index in [-0.39, 0.29) is 5.91 Å².